The van der Waals surface area contributed by atoms with Gasteiger partial charge in [-0.2, -0.15) is 0 Å². The molecule has 0 radical (unpaired) electrons. The van der Waals surface area contributed by atoms with E-state index in [-0.39, 0.29) is 11.9 Å². The van der Waals surface area contributed by atoms with Crippen molar-refractivity contribution in [3.05, 3.63) is 52.3 Å². The Hall–Kier alpha value is -1.88. The van der Waals surface area contributed by atoms with E-state index in [2.05, 4.69) is 31.5 Å². The summed E-state index contributed by atoms with van der Waals surface area (Å²) in [6, 6.07) is 9.67. The molecule has 1 aliphatic rings. The minimum Gasteiger partial charge on any atom is -0.373 e. The van der Waals surface area contributed by atoms with Crippen LogP contribution in [0.5, 0.6) is 0 Å². The highest BCUT2D eigenvalue weighted by atomic mass is 79.9. The first-order valence-corrected chi connectivity index (χ1v) is 7.20. The van der Waals surface area contributed by atoms with Crippen molar-refractivity contribution >= 4 is 33.2 Å². The number of carbonyl (C=O) groups excluding carboxylic acids is 1. The molecule has 0 bridgehead atoms. The molecule has 1 aromatic carbocycles. The number of hydrogen-bond acceptors (Lipinski definition) is 3. The van der Waals surface area contributed by atoms with Crippen LogP contribution in [-0.2, 0) is 11.2 Å². The van der Waals surface area contributed by atoms with Crippen LogP contribution >= 0.6 is 15.9 Å². The average Bonchev–Trinajstić information content (AvgIpc) is 2.87. The number of para-hydroxylation sites is 1. The smallest absolute Gasteiger partial charge is 0.247 e. The quantitative estimate of drug-likeness (QED) is 0.831. The number of aryl methyl sites for hydroxylation is 1. The molecule has 0 spiro atoms. The summed E-state index contributed by atoms with van der Waals surface area (Å²) in [6.45, 7) is 1.94. The molecule has 1 aliphatic heterocycles. The lowest BCUT2D eigenvalue weighted by molar-refractivity contribution is -0.116. The van der Waals surface area contributed by atoms with Crippen molar-refractivity contribution in [3.8, 4) is 0 Å². The van der Waals surface area contributed by atoms with Gasteiger partial charge in [-0.1, -0.05) is 18.2 Å². The van der Waals surface area contributed by atoms with Crippen LogP contribution in [0.1, 0.15) is 11.1 Å². The van der Waals surface area contributed by atoms with Crippen molar-refractivity contribution in [2.75, 3.05) is 10.6 Å². The molecule has 0 fully saturated rings. The zero-order valence-corrected chi connectivity index (χ0v) is 12.6. The van der Waals surface area contributed by atoms with Gasteiger partial charge in [0, 0.05) is 12.1 Å². The number of fused-ring (bicyclic) bond motifs is 1. The summed E-state index contributed by atoms with van der Waals surface area (Å²) in [5, 5.41) is 6.14. The van der Waals surface area contributed by atoms with Gasteiger partial charge < -0.3 is 10.6 Å². The number of hydrogen-bond donors (Lipinski definition) is 2. The summed E-state index contributed by atoms with van der Waals surface area (Å²) in [4.78, 5) is 16.4. The molecule has 1 aromatic heterocycles. The molecule has 102 valence electrons. The molecule has 5 heteroatoms. The van der Waals surface area contributed by atoms with Gasteiger partial charge >= 0.3 is 0 Å². The number of carbonyl (C=O) groups is 1. The van der Waals surface area contributed by atoms with Crippen LogP contribution in [0.25, 0.3) is 0 Å². The average molecular weight is 332 g/mol. The summed E-state index contributed by atoms with van der Waals surface area (Å²) in [5.41, 5.74) is 3.93. The van der Waals surface area contributed by atoms with Crippen LogP contribution in [0, 0.1) is 6.92 Å². The molecule has 4 nitrogen and oxygen atoms in total. The van der Waals surface area contributed by atoms with Gasteiger partial charge in [0.05, 0.1) is 11.9 Å². The first kappa shape index (κ1) is 13.1. The van der Waals surface area contributed by atoms with E-state index in [0.717, 1.165) is 15.9 Å². The molecule has 2 heterocycles. The second-order valence-corrected chi connectivity index (χ2v) is 5.63. The van der Waals surface area contributed by atoms with E-state index in [1.807, 2.05) is 37.3 Å². The number of halogens is 1. The van der Waals surface area contributed by atoms with Gasteiger partial charge in [0.25, 0.3) is 0 Å². The van der Waals surface area contributed by atoms with E-state index in [0.29, 0.717) is 12.1 Å². The number of anilines is 2. The van der Waals surface area contributed by atoms with Crippen LogP contribution in [0.4, 0.5) is 11.4 Å². The van der Waals surface area contributed by atoms with Crippen molar-refractivity contribution in [1.29, 1.82) is 0 Å². The lowest BCUT2D eigenvalue weighted by Gasteiger charge is -2.12. The summed E-state index contributed by atoms with van der Waals surface area (Å²) in [7, 11) is 0. The monoisotopic (exact) mass is 331 g/mol. The molecule has 20 heavy (non-hydrogen) atoms. The normalized spacial score (nSPS) is 16.4. The first-order valence-electron chi connectivity index (χ1n) is 6.41. The number of benzene rings is 1. The highest BCUT2D eigenvalue weighted by molar-refractivity contribution is 9.10. The number of nitrogens with one attached hydrogen (secondary N) is 2. The molecular formula is C15H14BrN3O. The SMILES string of the molecule is Cc1cc(NC(=O)[C@@H]2Cc3ccccc3N2)cnc1Br. The van der Waals surface area contributed by atoms with Gasteiger partial charge in [-0.3, -0.25) is 4.79 Å². The fourth-order valence-corrected chi connectivity index (χ4v) is 2.53. The van der Waals surface area contributed by atoms with E-state index in [4.69, 9.17) is 0 Å². The Bertz CT molecular complexity index is 647. The molecule has 0 aliphatic carbocycles. The number of amides is 1. The van der Waals surface area contributed by atoms with Crippen molar-refractivity contribution < 1.29 is 4.79 Å². The predicted octanol–water partition coefficient (Wildman–Crippen LogP) is 3.13. The van der Waals surface area contributed by atoms with Crippen LogP contribution in [-0.4, -0.2) is 16.9 Å². The Morgan fingerprint density at radius 1 is 1.45 bits per heavy atom. The van der Waals surface area contributed by atoms with Crippen LogP contribution in [0.3, 0.4) is 0 Å². The molecular weight excluding hydrogens is 318 g/mol. The summed E-state index contributed by atoms with van der Waals surface area (Å²) in [6.07, 6.45) is 2.36. The Morgan fingerprint density at radius 2 is 2.25 bits per heavy atom. The van der Waals surface area contributed by atoms with E-state index < -0.39 is 0 Å². The van der Waals surface area contributed by atoms with Gasteiger partial charge in [-0.15, -0.1) is 0 Å². The predicted molar refractivity (Wildman–Crippen MR) is 82.9 cm³/mol. The Labute approximate surface area is 125 Å². The highest BCUT2D eigenvalue weighted by Gasteiger charge is 2.26. The van der Waals surface area contributed by atoms with Crippen molar-refractivity contribution in [2.24, 2.45) is 0 Å². The van der Waals surface area contributed by atoms with Crippen molar-refractivity contribution in [2.45, 2.75) is 19.4 Å². The minimum absolute atomic E-state index is 0.0373. The summed E-state index contributed by atoms with van der Waals surface area (Å²) < 4.78 is 0.793. The largest absolute Gasteiger partial charge is 0.373 e. The van der Waals surface area contributed by atoms with Gasteiger partial charge in [-0.05, 0) is 46.1 Å². The van der Waals surface area contributed by atoms with Gasteiger partial charge in [0.2, 0.25) is 5.91 Å². The fourth-order valence-electron chi connectivity index (χ4n) is 2.31. The third-order valence-corrected chi connectivity index (χ3v) is 4.20. The first-order chi connectivity index (χ1) is 9.63. The van der Waals surface area contributed by atoms with Crippen molar-refractivity contribution in [3.63, 3.8) is 0 Å². The van der Waals surface area contributed by atoms with Crippen LogP contribution < -0.4 is 10.6 Å². The fraction of sp³-hybridized carbons (Fsp3) is 0.200. The standard InChI is InChI=1S/C15H14BrN3O/c1-9-6-11(8-17-14(9)16)18-15(20)13-7-10-4-2-3-5-12(10)19-13/h2-6,8,13,19H,7H2,1H3,(H,18,20)/t13-/m0/s1. The number of nitrogens with zero attached hydrogens (tertiary/aromatic N) is 1. The number of rotatable bonds is 2. The maximum atomic E-state index is 12.3. The third kappa shape index (κ3) is 2.54. The molecule has 1 atom stereocenters. The molecule has 2 aromatic rings. The lowest BCUT2D eigenvalue weighted by Crippen LogP contribution is -2.32. The molecule has 3 rings (SSSR count). The molecule has 0 unspecified atom stereocenters. The van der Waals surface area contributed by atoms with Gasteiger partial charge in [0.1, 0.15) is 10.6 Å². The lowest BCUT2D eigenvalue weighted by atomic mass is 10.1. The summed E-state index contributed by atoms with van der Waals surface area (Å²) >= 11 is 3.35. The highest BCUT2D eigenvalue weighted by Crippen LogP contribution is 2.26. The third-order valence-electron chi connectivity index (χ3n) is 3.37. The van der Waals surface area contributed by atoms with E-state index in [1.165, 1.54) is 5.56 Å². The molecule has 2 N–H and O–H groups in total. The van der Waals surface area contributed by atoms with Gasteiger partial charge in [0.15, 0.2) is 0 Å². The van der Waals surface area contributed by atoms with Crippen molar-refractivity contribution in [1.82, 2.24) is 4.98 Å². The van der Waals surface area contributed by atoms with E-state index in [1.54, 1.807) is 6.20 Å². The second kappa shape index (κ2) is 5.25. The second-order valence-electron chi connectivity index (χ2n) is 4.88. The number of pyridine rings is 1. The maximum Gasteiger partial charge on any atom is 0.247 e. The van der Waals surface area contributed by atoms with E-state index >= 15 is 0 Å². The topological polar surface area (TPSA) is 54.0 Å². The molecule has 0 saturated carbocycles. The Kier molecular flexibility index (Phi) is 3.44. The minimum atomic E-state index is -0.226. The Morgan fingerprint density at radius 3 is 3.00 bits per heavy atom. The zero-order chi connectivity index (χ0) is 14.1. The molecule has 0 saturated heterocycles. The number of aromatic nitrogens is 1. The molecule has 1 amide bonds. The maximum absolute atomic E-state index is 12.3. The van der Waals surface area contributed by atoms with E-state index in [9.17, 15) is 4.79 Å². The van der Waals surface area contributed by atoms with Crippen LogP contribution in [0.15, 0.2) is 41.1 Å². The zero-order valence-electron chi connectivity index (χ0n) is 11.0. The van der Waals surface area contributed by atoms with Gasteiger partial charge in [-0.25, -0.2) is 4.98 Å². The summed E-state index contributed by atoms with van der Waals surface area (Å²) in [5.74, 6) is -0.0373. The Balaban J connectivity index is 1.71. The van der Waals surface area contributed by atoms with Crippen LogP contribution in [0.2, 0.25) is 0 Å².